The predicted octanol–water partition coefficient (Wildman–Crippen LogP) is 3.41. The minimum Gasteiger partial charge on any atom is -0.327 e. The molecule has 1 N–H and O–H groups in total. The molecule has 2 aliphatic rings. The SMILES string of the molecule is CCC1CCC(NC)C(n2c(C)nc3c2CCCC3)C1. The molecule has 0 bridgehead atoms. The Kier molecular flexibility index (Phi) is 4.16. The number of fused-ring (bicyclic) bond motifs is 1. The van der Waals surface area contributed by atoms with Gasteiger partial charge in [0, 0.05) is 11.7 Å². The number of likely N-dealkylation sites (N-methyl/N-ethyl adjacent to an activating group) is 1. The van der Waals surface area contributed by atoms with Crippen LogP contribution in [0, 0.1) is 12.8 Å². The van der Waals surface area contributed by atoms with Gasteiger partial charge in [0.1, 0.15) is 5.82 Å². The molecule has 3 heteroatoms. The molecule has 2 aliphatic carbocycles. The first-order valence-corrected chi connectivity index (χ1v) is 8.48. The van der Waals surface area contributed by atoms with Crippen LogP contribution in [0.1, 0.15) is 68.7 Å². The van der Waals surface area contributed by atoms with Gasteiger partial charge in [-0.1, -0.05) is 13.3 Å². The molecule has 20 heavy (non-hydrogen) atoms. The standard InChI is InChI=1S/C17H29N3/c1-4-13-9-10-14(18-3)17(11-13)20-12(2)19-15-7-5-6-8-16(15)20/h13-14,17-18H,4-11H2,1-3H3. The maximum atomic E-state index is 4.88. The van der Waals surface area contributed by atoms with Gasteiger partial charge in [-0.2, -0.15) is 0 Å². The van der Waals surface area contributed by atoms with Gasteiger partial charge in [-0.3, -0.25) is 0 Å². The van der Waals surface area contributed by atoms with Crippen LogP contribution in [0.3, 0.4) is 0 Å². The van der Waals surface area contributed by atoms with Crippen LogP contribution < -0.4 is 5.32 Å². The van der Waals surface area contributed by atoms with Crippen molar-refractivity contribution in [2.45, 2.75) is 77.3 Å². The summed E-state index contributed by atoms with van der Waals surface area (Å²) in [5.41, 5.74) is 2.94. The first-order chi connectivity index (χ1) is 9.74. The van der Waals surface area contributed by atoms with Gasteiger partial charge in [0.2, 0.25) is 0 Å². The molecule has 1 fully saturated rings. The van der Waals surface area contributed by atoms with Crippen molar-refractivity contribution in [1.29, 1.82) is 0 Å². The van der Waals surface area contributed by atoms with E-state index in [0.29, 0.717) is 12.1 Å². The lowest BCUT2D eigenvalue weighted by Gasteiger charge is -2.38. The van der Waals surface area contributed by atoms with Crippen LogP contribution in [-0.2, 0) is 12.8 Å². The lowest BCUT2D eigenvalue weighted by atomic mass is 9.80. The van der Waals surface area contributed by atoms with Crippen LogP contribution >= 0.6 is 0 Å². The Morgan fingerprint density at radius 3 is 2.80 bits per heavy atom. The minimum atomic E-state index is 0.619. The van der Waals surface area contributed by atoms with E-state index in [-0.39, 0.29) is 0 Å². The summed E-state index contributed by atoms with van der Waals surface area (Å²) < 4.78 is 2.61. The van der Waals surface area contributed by atoms with Crippen molar-refractivity contribution in [2.24, 2.45) is 5.92 Å². The highest BCUT2D eigenvalue weighted by Gasteiger charge is 2.33. The molecular formula is C17H29N3. The van der Waals surface area contributed by atoms with Crippen LogP contribution in [0.15, 0.2) is 0 Å². The molecule has 0 aliphatic heterocycles. The number of nitrogens with one attached hydrogen (secondary N) is 1. The van der Waals surface area contributed by atoms with E-state index in [2.05, 4.69) is 30.8 Å². The van der Waals surface area contributed by atoms with Crippen molar-refractivity contribution < 1.29 is 0 Å². The number of nitrogens with zero attached hydrogens (tertiary/aromatic N) is 2. The van der Waals surface area contributed by atoms with Gasteiger partial charge < -0.3 is 9.88 Å². The van der Waals surface area contributed by atoms with Crippen LogP contribution in [0.5, 0.6) is 0 Å². The summed E-state index contributed by atoms with van der Waals surface area (Å²) in [6, 6.07) is 1.24. The van der Waals surface area contributed by atoms with Gasteiger partial charge in [-0.05, 0) is 64.8 Å². The molecule has 1 saturated carbocycles. The lowest BCUT2D eigenvalue weighted by molar-refractivity contribution is 0.203. The fourth-order valence-corrected chi connectivity index (χ4v) is 4.36. The Balaban J connectivity index is 1.94. The quantitative estimate of drug-likeness (QED) is 0.916. The fourth-order valence-electron chi connectivity index (χ4n) is 4.36. The molecule has 1 aromatic heterocycles. The zero-order valence-electron chi connectivity index (χ0n) is 13.3. The largest absolute Gasteiger partial charge is 0.327 e. The van der Waals surface area contributed by atoms with E-state index in [1.54, 1.807) is 5.69 Å². The predicted molar refractivity (Wildman–Crippen MR) is 83.1 cm³/mol. The third-order valence-corrected chi connectivity index (χ3v) is 5.55. The summed E-state index contributed by atoms with van der Waals surface area (Å²) in [5, 5.41) is 3.57. The highest BCUT2D eigenvalue weighted by molar-refractivity contribution is 5.21. The normalized spacial score (nSPS) is 30.2. The molecule has 3 atom stereocenters. The Morgan fingerprint density at radius 1 is 1.25 bits per heavy atom. The second-order valence-electron chi connectivity index (χ2n) is 6.68. The highest BCUT2D eigenvalue weighted by Crippen LogP contribution is 2.37. The fraction of sp³-hybridized carbons (Fsp3) is 0.824. The molecule has 3 nitrogen and oxygen atoms in total. The number of aromatic nitrogens is 2. The van der Waals surface area contributed by atoms with Crippen molar-refractivity contribution in [3.63, 3.8) is 0 Å². The van der Waals surface area contributed by atoms with Gasteiger partial charge in [0.05, 0.1) is 11.7 Å². The van der Waals surface area contributed by atoms with E-state index in [0.717, 1.165) is 5.92 Å². The van der Waals surface area contributed by atoms with E-state index in [1.807, 2.05) is 0 Å². The van der Waals surface area contributed by atoms with Crippen LogP contribution in [0.25, 0.3) is 0 Å². The number of rotatable bonds is 3. The van der Waals surface area contributed by atoms with Crippen LogP contribution in [-0.4, -0.2) is 22.6 Å². The van der Waals surface area contributed by atoms with Crippen molar-refractivity contribution >= 4 is 0 Å². The average molecular weight is 275 g/mol. The molecule has 3 rings (SSSR count). The van der Waals surface area contributed by atoms with Crippen LogP contribution in [0.2, 0.25) is 0 Å². The Bertz CT molecular complexity index is 463. The van der Waals surface area contributed by atoms with Crippen molar-refractivity contribution in [2.75, 3.05) is 7.05 Å². The first-order valence-electron chi connectivity index (χ1n) is 8.48. The molecule has 0 aromatic carbocycles. The molecule has 1 aromatic rings. The monoisotopic (exact) mass is 275 g/mol. The van der Waals surface area contributed by atoms with Gasteiger partial charge >= 0.3 is 0 Å². The topological polar surface area (TPSA) is 29.9 Å². The van der Waals surface area contributed by atoms with E-state index in [1.165, 1.54) is 62.9 Å². The van der Waals surface area contributed by atoms with E-state index >= 15 is 0 Å². The van der Waals surface area contributed by atoms with Crippen molar-refractivity contribution in [1.82, 2.24) is 14.9 Å². The summed E-state index contributed by atoms with van der Waals surface area (Å²) in [4.78, 5) is 4.88. The minimum absolute atomic E-state index is 0.619. The van der Waals surface area contributed by atoms with Gasteiger partial charge in [-0.15, -0.1) is 0 Å². The molecule has 0 radical (unpaired) electrons. The molecule has 0 spiro atoms. The third-order valence-electron chi connectivity index (χ3n) is 5.55. The van der Waals surface area contributed by atoms with Crippen molar-refractivity contribution in [3.8, 4) is 0 Å². The van der Waals surface area contributed by atoms with Crippen molar-refractivity contribution in [3.05, 3.63) is 17.2 Å². The Morgan fingerprint density at radius 2 is 2.05 bits per heavy atom. The van der Waals surface area contributed by atoms with Gasteiger partial charge in [0.15, 0.2) is 0 Å². The van der Waals surface area contributed by atoms with Gasteiger partial charge in [-0.25, -0.2) is 4.98 Å². The summed E-state index contributed by atoms with van der Waals surface area (Å²) in [6.45, 7) is 4.55. The van der Waals surface area contributed by atoms with E-state index < -0.39 is 0 Å². The molecule has 3 unspecified atom stereocenters. The number of imidazole rings is 1. The molecule has 0 amide bonds. The number of hydrogen-bond donors (Lipinski definition) is 1. The molecule has 1 heterocycles. The Labute approximate surface area is 123 Å². The average Bonchev–Trinajstić information content (AvgIpc) is 2.82. The zero-order chi connectivity index (χ0) is 14.1. The summed E-state index contributed by atoms with van der Waals surface area (Å²) in [7, 11) is 2.13. The second kappa shape index (κ2) is 5.88. The Hall–Kier alpha value is -0.830. The maximum absolute atomic E-state index is 4.88. The van der Waals surface area contributed by atoms with E-state index in [9.17, 15) is 0 Å². The summed E-state index contributed by atoms with van der Waals surface area (Å²) in [6.07, 6.45) is 10.4. The maximum Gasteiger partial charge on any atom is 0.106 e. The summed E-state index contributed by atoms with van der Waals surface area (Å²) in [5.74, 6) is 2.14. The zero-order valence-corrected chi connectivity index (χ0v) is 13.3. The lowest BCUT2D eigenvalue weighted by Crippen LogP contribution is -2.41. The number of aryl methyl sites for hydroxylation is 2. The smallest absolute Gasteiger partial charge is 0.106 e. The number of hydrogen-bond acceptors (Lipinski definition) is 2. The second-order valence-corrected chi connectivity index (χ2v) is 6.68. The molecule has 0 saturated heterocycles. The highest BCUT2D eigenvalue weighted by atomic mass is 15.2. The summed E-state index contributed by atoms with van der Waals surface area (Å²) >= 11 is 0. The van der Waals surface area contributed by atoms with Crippen LogP contribution in [0.4, 0.5) is 0 Å². The molecule has 112 valence electrons. The van der Waals surface area contributed by atoms with Gasteiger partial charge in [0.25, 0.3) is 0 Å². The van der Waals surface area contributed by atoms with E-state index in [4.69, 9.17) is 4.98 Å². The molecular weight excluding hydrogens is 246 g/mol. The first kappa shape index (κ1) is 14.1. The third kappa shape index (κ3) is 2.41.